The van der Waals surface area contributed by atoms with Crippen molar-refractivity contribution in [3.8, 4) is 5.75 Å². The van der Waals surface area contributed by atoms with Crippen molar-refractivity contribution in [3.63, 3.8) is 0 Å². The third kappa shape index (κ3) is 3.32. The van der Waals surface area contributed by atoms with E-state index in [-0.39, 0.29) is 12.1 Å². The summed E-state index contributed by atoms with van der Waals surface area (Å²) in [5.41, 5.74) is 2.41. The molecule has 126 valence electrons. The summed E-state index contributed by atoms with van der Waals surface area (Å²) >= 11 is 1.61. The van der Waals surface area contributed by atoms with Gasteiger partial charge in [-0.2, -0.15) is 0 Å². The zero-order valence-corrected chi connectivity index (χ0v) is 14.3. The minimum atomic E-state index is -0.315. The Balaban J connectivity index is 1.45. The van der Waals surface area contributed by atoms with E-state index in [2.05, 4.69) is 20.6 Å². The van der Waals surface area contributed by atoms with Crippen LogP contribution in [0.4, 0.5) is 5.82 Å². The van der Waals surface area contributed by atoms with Crippen molar-refractivity contribution in [1.82, 2.24) is 15.3 Å². The summed E-state index contributed by atoms with van der Waals surface area (Å²) in [5.74, 6) is 1.22. The third-order valence-corrected chi connectivity index (χ3v) is 4.70. The van der Waals surface area contributed by atoms with E-state index in [1.165, 1.54) is 0 Å². The summed E-state index contributed by atoms with van der Waals surface area (Å²) in [6.45, 7) is 2.42. The lowest BCUT2D eigenvalue weighted by Crippen LogP contribution is -2.38. The smallest absolute Gasteiger partial charge is 0.256 e. The normalized spacial score (nSPS) is 15.9. The van der Waals surface area contributed by atoms with Crippen molar-refractivity contribution in [2.24, 2.45) is 0 Å². The van der Waals surface area contributed by atoms with E-state index in [0.29, 0.717) is 18.0 Å². The fraction of sp³-hybridized carbons (Fsp3) is 0.167. The van der Waals surface area contributed by atoms with Gasteiger partial charge >= 0.3 is 0 Å². The van der Waals surface area contributed by atoms with Crippen molar-refractivity contribution in [2.45, 2.75) is 19.7 Å². The fourth-order valence-corrected chi connectivity index (χ4v) is 3.24. The van der Waals surface area contributed by atoms with Crippen molar-refractivity contribution in [3.05, 3.63) is 69.8 Å². The Labute approximate surface area is 148 Å². The predicted molar refractivity (Wildman–Crippen MR) is 95.7 cm³/mol. The lowest BCUT2D eigenvalue weighted by Gasteiger charge is -2.27. The predicted octanol–water partition coefficient (Wildman–Crippen LogP) is 3.28. The van der Waals surface area contributed by atoms with Crippen molar-refractivity contribution in [2.75, 3.05) is 5.32 Å². The van der Waals surface area contributed by atoms with E-state index < -0.39 is 0 Å². The van der Waals surface area contributed by atoms with E-state index in [1.54, 1.807) is 29.7 Å². The number of aromatic nitrogens is 2. The van der Waals surface area contributed by atoms with Gasteiger partial charge in [0.05, 0.1) is 16.3 Å². The van der Waals surface area contributed by atoms with Crippen molar-refractivity contribution >= 4 is 23.1 Å². The topological polar surface area (TPSA) is 76.1 Å². The second-order valence-corrected chi connectivity index (χ2v) is 6.73. The van der Waals surface area contributed by atoms with Gasteiger partial charge in [0, 0.05) is 11.6 Å². The Morgan fingerprint density at radius 1 is 1.20 bits per heavy atom. The molecule has 2 N–H and O–H groups in total. The molecule has 3 heterocycles. The number of rotatable bonds is 4. The maximum Gasteiger partial charge on any atom is 0.256 e. The molecule has 1 atom stereocenters. The summed E-state index contributed by atoms with van der Waals surface area (Å²) < 4.78 is 5.75. The van der Waals surface area contributed by atoms with Gasteiger partial charge < -0.3 is 15.4 Å². The van der Waals surface area contributed by atoms with Gasteiger partial charge in [-0.3, -0.25) is 4.79 Å². The van der Waals surface area contributed by atoms with Crippen LogP contribution in [0.1, 0.15) is 32.8 Å². The maximum absolute atomic E-state index is 12.2. The SMILES string of the molecule is Cc1nc(COc2ccc(C3NC(=O)c4cccnc4N3)cc2)cs1. The van der Waals surface area contributed by atoms with Gasteiger partial charge in [0.2, 0.25) is 0 Å². The number of ether oxygens (including phenoxy) is 1. The number of carbonyl (C=O) groups is 1. The molecule has 25 heavy (non-hydrogen) atoms. The highest BCUT2D eigenvalue weighted by atomic mass is 32.1. The van der Waals surface area contributed by atoms with Gasteiger partial charge in [-0.1, -0.05) is 12.1 Å². The number of aryl methyl sites for hydroxylation is 1. The first-order chi connectivity index (χ1) is 12.2. The van der Waals surface area contributed by atoms with Gasteiger partial charge in [0.1, 0.15) is 24.3 Å². The first-order valence-corrected chi connectivity index (χ1v) is 8.73. The third-order valence-electron chi connectivity index (χ3n) is 3.88. The lowest BCUT2D eigenvalue weighted by molar-refractivity contribution is 0.0935. The van der Waals surface area contributed by atoms with Gasteiger partial charge in [-0.25, -0.2) is 9.97 Å². The first kappa shape index (κ1) is 15.6. The number of nitrogens with zero attached hydrogens (tertiary/aromatic N) is 2. The van der Waals surface area contributed by atoms with Crippen LogP contribution in [0.3, 0.4) is 0 Å². The van der Waals surface area contributed by atoms with Crippen LogP contribution < -0.4 is 15.4 Å². The number of anilines is 1. The van der Waals surface area contributed by atoms with Crippen LogP contribution in [0.15, 0.2) is 48.0 Å². The molecule has 0 spiro atoms. The lowest BCUT2D eigenvalue weighted by atomic mass is 10.1. The number of carbonyl (C=O) groups excluding carboxylic acids is 1. The molecule has 0 bridgehead atoms. The highest BCUT2D eigenvalue weighted by Crippen LogP contribution is 2.25. The molecule has 1 amide bonds. The second-order valence-electron chi connectivity index (χ2n) is 5.67. The Bertz CT molecular complexity index is 907. The molecule has 1 unspecified atom stereocenters. The summed E-state index contributed by atoms with van der Waals surface area (Å²) in [6, 6.07) is 11.1. The highest BCUT2D eigenvalue weighted by molar-refractivity contribution is 7.09. The number of fused-ring (bicyclic) bond motifs is 1. The minimum Gasteiger partial charge on any atom is -0.487 e. The summed E-state index contributed by atoms with van der Waals surface area (Å²) in [4.78, 5) is 20.8. The van der Waals surface area contributed by atoms with E-state index >= 15 is 0 Å². The Morgan fingerprint density at radius 3 is 2.80 bits per heavy atom. The average Bonchev–Trinajstić information content (AvgIpc) is 3.06. The van der Waals surface area contributed by atoms with Crippen molar-refractivity contribution < 1.29 is 9.53 Å². The van der Waals surface area contributed by atoms with E-state index in [4.69, 9.17) is 4.74 Å². The average molecular weight is 352 g/mol. The number of benzene rings is 1. The molecule has 1 aliphatic rings. The van der Waals surface area contributed by atoms with Crippen LogP contribution in [-0.4, -0.2) is 15.9 Å². The van der Waals surface area contributed by atoms with Crippen molar-refractivity contribution in [1.29, 1.82) is 0 Å². The molecule has 1 aliphatic heterocycles. The van der Waals surface area contributed by atoms with Crippen LogP contribution in [0, 0.1) is 6.92 Å². The van der Waals surface area contributed by atoms with Gasteiger partial charge in [0.15, 0.2) is 0 Å². The first-order valence-electron chi connectivity index (χ1n) is 7.85. The molecule has 0 radical (unpaired) electrons. The molecular formula is C18H16N4O2S. The quantitative estimate of drug-likeness (QED) is 0.754. The summed E-state index contributed by atoms with van der Waals surface area (Å²) in [5, 5.41) is 9.19. The number of hydrogen-bond acceptors (Lipinski definition) is 6. The zero-order valence-electron chi connectivity index (χ0n) is 13.5. The summed E-state index contributed by atoms with van der Waals surface area (Å²) in [7, 11) is 0. The van der Waals surface area contributed by atoms with E-state index in [9.17, 15) is 4.79 Å². The van der Waals surface area contributed by atoms with Crippen LogP contribution >= 0.6 is 11.3 Å². The highest BCUT2D eigenvalue weighted by Gasteiger charge is 2.25. The van der Waals surface area contributed by atoms with E-state index in [0.717, 1.165) is 22.0 Å². The number of amides is 1. The number of nitrogens with one attached hydrogen (secondary N) is 2. The molecule has 1 aromatic carbocycles. The second kappa shape index (κ2) is 6.52. The largest absolute Gasteiger partial charge is 0.487 e. The molecule has 2 aromatic heterocycles. The van der Waals surface area contributed by atoms with E-state index in [1.807, 2.05) is 36.6 Å². The Hall–Kier alpha value is -2.93. The molecule has 0 fully saturated rings. The molecule has 6 nitrogen and oxygen atoms in total. The molecular weight excluding hydrogens is 336 g/mol. The minimum absolute atomic E-state index is 0.133. The van der Waals surface area contributed by atoms with Gasteiger partial charge in [-0.15, -0.1) is 11.3 Å². The molecule has 4 rings (SSSR count). The molecule has 0 saturated heterocycles. The standard InChI is InChI=1S/C18H16N4O2S/c1-11-20-13(10-25-11)9-24-14-6-4-12(5-7-14)16-21-17-15(18(23)22-16)3-2-8-19-17/h2-8,10,16H,9H2,1H3,(H,19,21)(H,22,23). The molecule has 3 aromatic rings. The van der Waals surface area contributed by atoms with Crippen LogP contribution in [-0.2, 0) is 6.61 Å². The van der Waals surface area contributed by atoms with Crippen LogP contribution in [0.5, 0.6) is 5.75 Å². The van der Waals surface area contributed by atoms with Gasteiger partial charge in [-0.05, 0) is 36.8 Å². The number of hydrogen-bond donors (Lipinski definition) is 2. The molecule has 7 heteroatoms. The zero-order chi connectivity index (χ0) is 17.2. The molecule has 0 aliphatic carbocycles. The van der Waals surface area contributed by atoms with Crippen LogP contribution in [0.2, 0.25) is 0 Å². The maximum atomic E-state index is 12.2. The monoisotopic (exact) mass is 352 g/mol. The Kier molecular flexibility index (Phi) is 4.07. The van der Waals surface area contributed by atoms with Gasteiger partial charge in [0.25, 0.3) is 5.91 Å². The molecule has 0 saturated carbocycles. The van der Waals surface area contributed by atoms with Crippen LogP contribution in [0.25, 0.3) is 0 Å². The number of thiazole rings is 1. The number of pyridine rings is 1. The summed E-state index contributed by atoms with van der Waals surface area (Å²) in [6.07, 6.45) is 1.35. The Morgan fingerprint density at radius 2 is 2.04 bits per heavy atom. The fourth-order valence-electron chi connectivity index (χ4n) is 2.64.